The zero-order chi connectivity index (χ0) is 13.6. The van der Waals surface area contributed by atoms with Crippen LogP contribution in [0.1, 0.15) is 53.9 Å². The summed E-state index contributed by atoms with van der Waals surface area (Å²) in [4.78, 5) is 0. The molecule has 106 valence electrons. The highest BCUT2D eigenvalue weighted by molar-refractivity contribution is 5.12. The average molecular weight is 253 g/mol. The molecule has 0 radical (unpaired) electrons. The molecule has 0 aromatic heterocycles. The third-order valence-electron chi connectivity index (χ3n) is 5.80. The molecule has 0 heterocycles. The van der Waals surface area contributed by atoms with Crippen LogP contribution in [0.5, 0.6) is 0 Å². The van der Waals surface area contributed by atoms with Gasteiger partial charge in [0.25, 0.3) is 0 Å². The monoisotopic (exact) mass is 253 g/mol. The fraction of sp³-hybridized carbons (Fsp3) is 1.00. The highest BCUT2D eigenvalue weighted by atomic mass is 16.5. The van der Waals surface area contributed by atoms with Crippen LogP contribution < -0.4 is 5.32 Å². The number of methoxy groups -OCH3 is 1. The Balaban J connectivity index is 2.12. The molecule has 2 bridgehead atoms. The Kier molecular flexibility index (Phi) is 3.81. The van der Waals surface area contributed by atoms with Gasteiger partial charge in [-0.25, -0.2) is 0 Å². The van der Waals surface area contributed by atoms with Crippen molar-refractivity contribution in [2.75, 3.05) is 13.7 Å². The van der Waals surface area contributed by atoms with E-state index in [4.69, 9.17) is 4.74 Å². The number of nitrogens with one attached hydrogen (secondary N) is 1. The molecule has 0 saturated heterocycles. The van der Waals surface area contributed by atoms with Gasteiger partial charge < -0.3 is 10.1 Å². The lowest BCUT2D eigenvalue weighted by atomic mass is 9.68. The molecule has 2 nitrogen and oxygen atoms in total. The summed E-state index contributed by atoms with van der Waals surface area (Å²) in [6.45, 7) is 12.8. The van der Waals surface area contributed by atoms with E-state index in [1.807, 2.05) is 7.11 Å². The Morgan fingerprint density at radius 3 is 2.39 bits per heavy atom. The van der Waals surface area contributed by atoms with Crippen molar-refractivity contribution < 1.29 is 4.74 Å². The molecule has 18 heavy (non-hydrogen) atoms. The van der Waals surface area contributed by atoms with Gasteiger partial charge in [-0.2, -0.15) is 0 Å². The fourth-order valence-corrected chi connectivity index (χ4v) is 4.54. The van der Waals surface area contributed by atoms with E-state index in [0.29, 0.717) is 28.8 Å². The summed E-state index contributed by atoms with van der Waals surface area (Å²) in [5.74, 6) is 1.54. The molecule has 0 spiro atoms. The quantitative estimate of drug-likeness (QED) is 0.810. The van der Waals surface area contributed by atoms with Crippen molar-refractivity contribution in [1.29, 1.82) is 0 Å². The van der Waals surface area contributed by atoms with E-state index in [2.05, 4.69) is 39.9 Å². The van der Waals surface area contributed by atoms with Gasteiger partial charge >= 0.3 is 0 Å². The van der Waals surface area contributed by atoms with Gasteiger partial charge in [-0.15, -0.1) is 0 Å². The number of ether oxygens (including phenoxy) is 1. The molecule has 2 aliphatic carbocycles. The van der Waals surface area contributed by atoms with Gasteiger partial charge in [0, 0.05) is 19.2 Å². The molecule has 0 amide bonds. The van der Waals surface area contributed by atoms with Gasteiger partial charge in [0.1, 0.15) is 0 Å². The lowest BCUT2D eigenvalue weighted by Gasteiger charge is -2.45. The van der Waals surface area contributed by atoms with Crippen LogP contribution in [0.2, 0.25) is 0 Å². The van der Waals surface area contributed by atoms with Gasteiger partial charge in [-0.3, -0.25) is 0 Å². The fourth-order valence-electron chi connectivity index (χ4n) is 4.54. The molecule has 2 fully saturated rings. The van der Waals surface area contributed by atoms with Crippen molar-refractivity contribution >= 4 is 0 Å². The minimum atomic E-state index is 0.438. The van der Waals surface area contributed by atoms with E-state index in [0.717, 1.165) is 12.5 Å². The maximum atomic E-state index is 5.39. The van der Waals surface area contributed by atoms with Gasteiger partial charge in [0.05, 0.1) is 6.61 Å². The largest absolute Gasteiger partial charge is 0.383 e. The summed E-state index contributed by atoms with van der Waals surface area (Å²) >= 11 is 0. The summed E-state index contributed by atoms with van der Waals surface area (Å²) in [6.07, 6.45) is 4.24. The Hall–Kier alpha value is -0.0800. The van der Waals surface area contributed by atoms with Crippen molar-refractivity contribution in [3.63, 3.8) is 0 Å². The topological polar surface area (TPSA) is 21.3 Å². The summed E-state index contributed by atoms with van der Waals surface area (Å²) in [7, 11) is 1.81. The maximum absolute atomic E-state index is 5.39. The second kappa shape index (κ2) is 4.79. The zero-order valence-corrected chi connectivity index (χ0v) is 13.0. The van der Waals surface area contributed by atoms with Gasteiger partial charge in [-0.1, -0.05) is 34.6 Å². The minimum Gasteiger partial charge on any atom is -0.383 e. The molecular weight excluding hydrogens is 222 g/mol. The number of fused-ring (bicyclic) bond motifs is 2. The third kappa shape index (κ3) is 2.22. The standard InChI is InChI=1S/C16H31NO/c1-11(2)13(10-18-6)17-14-15(3,4)12-7-8-16(14,5)9-12/h11-14,17H,7-10H2,1-6H3. The minimum absolute atomic E-state index is 0.438. The first-order valence-electron chi connectivity index (χ1n) is 7.56. The summed E-state index contributed by atoms with van der Waals surface area (Å²) in [6, 6.07) is 1.13. The van der Waals surface area contributed by atoms with Crippen LogP contribution in [-0.4, -0.2) is 25.8 Å². The van der Waals surface area contributed by atoms with Crippen molar-refractivity contribution in [1.82, 2.24) is 5.32 Å². The maximum Gasteiger partial charge on any atom is 0.0618 e. The lowest BCUT2D eigenvalue weighted by molar-refractivity contribution is 0.0668. The van der Waals surface area contributed by atoms with E-state index in [1.54, 1.807) is 0 Å². The van der Waals surface area contributed by atoms with Gasteiger partial charge in [0.2, 0.25) is 0 Å². The Morgan fingerprint density at radius 2 is 1.94 bits per heavy atom. The molecule has 4 atom stereocenters. The average Bonchev–Trinajstić information content (AvgIpc) is 2.73. The van der Waals surface area contributed by atoms with Crippen LogP contribution in [0.3, 0.4) is 0 Å². The first kappa shape index (κ1) is 14.3. The van der Waals surface area contributed by atoms with E-state index >= 15 is 0 Å². The van der Waals surface area contributed by atoms with Crippen LogP contribution >= 0.6 is 0 Å². The molecule has 0 aromatic carbocycles. The van der Waals surface area contributed by atoms with E-state index < -0.39 is 0 Å². The second-order valence-electron chi connectivity index (χ2n) is 7.82. The molecule has 0 aromatic rings. The molecule has 2 aliphatic rings. The lowest BCUT2D eigenvalue weighted by Crippen LogP contribution is -2.56. The molecular formula is C16H31NO. The van der Waals surface area contributed by atoms with Crippen LogP contribution in [0, 0.1) is 22.7 Å². The van der Waals surface area contributed by atoms with Gasteiger partial charge in [-0.05, 0) is 41.9 Å². The summed E-state index contributed by atoms with van der Waals surface area (Å²) in [5.41, 5.74) is 0.947. The Labute approximate surface area is 113 Å². The normalized spacial score (nSPS) is 39.5. The number of hydrogen-bond acceptors (Lipinski definition) is 2. The zero-order valence-electron chi connectivity index (χ0n) is 13.0. The Morgan fingerprint density at radius 1 is 1.28 bits per heavy atom. The van der Waals surface area contributed by atoms with Crippen molar-refractivity contribution in [3.8, 4) is 0 Å². The highest BCUT2D eigenvalue weighted by Gasteiger charge is 2.59. The van der Waals surface area contributed by atoms with Crippen molar-refractivity contribution in [2.45, 2.75) is 66.0 Å². The van der Waals surface area contributed by atoms with Gasteiger partial charge in [0.15, 0.2) is 0 Å². The Bertz CT molecular complexity index is 295. The predicted molar refractivity (Wildman–Crippen MR) is 76.7 cm³/mol. The predicted octanol–water partition coefficient (Wildman–Crippen LogP) is 3.46. The smallest absolute Gasteiger partial charge is 0.0618 e. The van der Waals surface area contributed by atoms with E-state index in [1.165, 1.54) is 19.3 Å². The SMILES string of the molecule is COCC(NC1C2(C)CCC(C2)C1(C)C)C(C)C. The van der Waals surface area contributed by atoms with Crippen LogP contribution in [0.4, 0.5) is 0 Å². The molecule has 2 saturated carbocycles. The summed E-state index contributed by atoms with van der Waals surface area (Å²) < 4.78 is 5.39. The van der Waals surface area contributed by atoms with Crippen LogP contribution in [0.25, 0.3) is 0 Å². The number of rotatable bonds is 5. The molecule has 0 aliphatic heterocycles. The molecule has 4 unspecified atom stereocenters. The first-order valence-corrected chi connectivity index (χ1v) is 7.56. The van der Waals surface area contributed by atoms with Crippen LogP contribution in [-0.2, 0) is 4.74 Å². The van der Waals surface area contributed by atoms with E-state index in [-0.39, 0.29) is 0 Å². The molecule has 2 heteroatoms. The molecule has 2 rings (SSSR count). The second-order valence-corrected chi connectivity index (χ2v) is 7.82. The highest BCUT2D eigenvalue weighted by Crippen LogP contribution is 2.62. The first-order chi connectivity index (χ1) is 8.31. The molecule has 1 N–H and O–H groups in total. The number of hydrogen-bond donors (Lipinski definition) is 1. The third-order valence-corrected chi connectivity index (χ3v) is 5.80. The summed E-state index contributed by atoms with van der Waals surface area (Å²) in [5, 5.41) is 3.95. The van der Waals surface area contributed by atoms with E-state index in [9.17, 15) is 0 Å². The van der Waals surface area contributed by atoms with Crippen molar-refractivity contribution in [3.05, 3.63) is 0 Å². The van der Waals surface area contributed by atoms with Crippen molar-refractivity contribution in [2.24, 2.45) is 22.7 Å². The van der Waals surface area contributed by atoms with Crippen LogP contribution in [0.15, 0.2) is 0 Å².